The van der Waals surface area contributed by atoms with E-state index in [0.29, 0.717) is 16.0 Å². The predicted octanol–water partition coefficient (Wildman–Crippen LogP) is -1.29. The van der Waals surface area contributed by atoms with Gasteiger partial charge in [-0.1, -0.05) is 30.4 Å². The number of aromatic amines is 1. The Morgan fingerprint density at radius 2 is 1.63 bits per heavy atom. The second-order valence-corrected chi connectivity index (χ2v) is 9.74. The van der Waals surface area contributed by atoms with Crippen LogP contribution in [0.3, 0.4) is 0 Å². The molecule has 13 nitrogen and oxygen atoms in total. The number of nitrogens with two attached hydrogens (primary N) is 1. The van der Waals surface area contributed by atoms with Gasteiger partial charge in [-0.05, 0) is 84.1 Å². The monoisotopic (exact) mass is 642 g/mol. The average molecular weight is 643 g/mol. The average Bonchev–Trinajstić information content (AvgIpc) is 3.00. The molecule has 14 heteroatoms. The number of carbonyl (C=O) groups is 4. The van der Waals surface area contributed by atoms with Gasteiger partial charge < -0.3 is 15.8 Å². The SMILES string of the molecule is Cc1cccc(-n2c(=O)[nH]c([O-])c(C=CC(=CC=C3C(=O)NC(=O)N(c4cccc(C(N)=O)c4)C3=O)c3ccncc3)c2=O)c1.[K+]. The summed E-state index contributed by atoms with van der Waals surface area (Å²) in [5.74, 6) is -3.63. The Morgan fingerprint density at radius 1 is 0.935 bits per heavy atom. The molecule has 0 radical (unpaired) electrons. The van der Waals surface area contributed by atoms with Crippen molar-refractivity contribution < 1.29 is 75.7 Å². The van der Waals surface area contributed by atoms with Crippen molar-refractivity contribution in [2.45, 2.75) is 6.92 Å². The number of rotatable bonds is 7. The number of imide groups is 2. The van der Waals surface area contributed by atoms with Crippen molar-refractivity contribution in [2.75, 3.05) is 4.90 Å². The van der Waals surface area contributed by atoms with E-state index in [1.807, 2.05) is 0 Å². The van der Waals surface area contributed by atoms with E-state index in [1.165, 1.54) is 61.0 Å². The molecule has 0 bridgehead atoms. The fourth-order valence-electron chi connectivity index (χ4n) is 4.53. The second-order valence-electron chi connectivity index (χ2n) is 9.74. The van der Waals surface area contributed by atoms with Gasteiger partial charge in [0.25, 0.3) is 17.4 Å². The number of barbiturate groups is 1. The Kier molecular flexibility index (Phi) is 10.6. The van der Waals surface area contributed by atoms with Crippen LogP contribution in [0.5, 0.6) is 5.88 Å². The largest absolute Gasteiger partial charge is 1.00 e. The van der Waals surface area contributed by atoms with Crippen LogP contribution in [0.2, 0.25) is 0 Å². The number of hydrogen-bond acceptors (Lipinski definition) is 8. The van der Waals surface area contributed by atoms with Crippen molar-refractivity contribution in [3.05, 3.63) is 140 Å². The van der Waals surface area contributed by atoms with Crippen molar-refractivity contribution in [1.29, 1.82) is 0 Å². The van der Waals surface area contributed by atoms with Gasteiger partial charge >= 0.3 is 63.1 Å². The minimum absolute atomic E-state index is 0. The van der Waals surface area contributed by atoms with Crippen molar-refractivity contribution in [3.63, 3.8) is 0 Å². The summed E-state index contributed by atoms with van der Waals surface area (Å²) in [4.78, 5) is 83.0. The fraction of sp³-hybridized carbons (Fsp3) is 0.0312. The maximum absolute atomic E-state index is 13.4. The fourth-order valence-corrected chi connectivity index (χ4v) is 4.53. The van der Waals surface area contributed by atoms with E-state index >= 15 is 0 Å². The first-order chi connectivity index (χ1) is 21.5. The number of nitrogens with one attached hydrogen (secondary N) is 2. The van der Waals surface area contributed by atoms with Gasteiger partial charge in [0.05, 0.1) is 11.4 Å². The van der Waals surface area contributed by atoms with Crippen LogP contribution in [0.15, 0.2) is 106 Å². The number of amides is 5. The molecule has 1 saturated heterocycles. The molecule has 224 valence electrons. The molecule has 1 aliphatic rings. The van der Waals surface area contributed by atoms with Gasteiger partial charge in [0.2, 0.25) is 5.91 Å². The third-order valence-electron chi connectivity index (χ3n) is 6.72. The van der Waals surface area contributed by atoms with Gasteiger partial charge in [-0.2, -0.15) is 0 Å². The Labute approximate surface area is 303 Å². The molecule has 0 aliphatic carbocycles. The van der Waals surface area contributed by atoms with E-state index in [9.17, 15) is 33.9 Å². The zero-order valence-corrected chi connectivity index (χ0v) is 27.6. The summed E-state index contributed by atoms with van der Waals surface area (Å²) in [5, 5.41) is 14.8. The van der Waals surface area contributed by atoms with Crippen molar-refractivity contribution in [1.82, 2.24) is 19.9 Å². The standard InChI is InChI=1S/C32H24N6O7.K/c1-18-4-2-6-22(16-18)37-29(42)24(27(40)35-31(37)44)10-8-19(20-12-14-34-15-13-20)9-11-25-28(41)36-32(45)38(30(25)43)23-7-3-5-21(17-23)26(33)39;/h2-17,40H,1H3,(H2,33,39)(H,35,44)(H,36,41,45);/q;+1/p-1. The molecule has 4 aromatic rings. The molecule has 3 heterocycles. The summed E-state index contributed by atoms with van der Waals surface area (Å²) in [6.45, 7) is 1.79. The van der Waals surface area contributed by atoms with Crippen LogP contribution in [-0.4, -0.2) is 38.3 Å². The van der Waals surface area contributed by atoms with E-state index in [1.54, 1.807) is 43.3 Å². The number of allylic oxidation sites excluding steroid dienone is 4. The molecule has 1 aliphatic heterocycles. The summed E-state index contributed by atoms with van der Waals surface area (Å²) >= 11 is 0. The first-order valence-electron chi connectivity index (χ1n) is 13.3. The van der Waals surface area contributed by atoms with Crippen LogP contribution < -0.4 is 83.7 Å². The summed E-state index contributed by atoms with van der Waals surface area (Å²) in [6, 6.07) is 14.3. The Balaban J connectivity index is 0.00000480. The number of carbonyl (C=O) groups excluding carboxylic acids is 4. The molecule has 5 rings (SSSR count). The normalized spacial score (nSPS) is 14.4. The molecule has 0 spiro atoms. The zero-order valence-electron chi connectivity index (χ0n) is 24.5. The third kappa shape index (κ3) is 7.11. The number of benzene rings is 2. The minimum atomic E-state index is -1.02. The molecule has 0 saturated carbocycles. The van der Waals surface area contributed by atoms with E-state index in [0.717, 1.165) is 10.1 Å². The third-order valence-corrected chi connectivity index (χ3v) is 6.72. The Morgan fingerprint density at radius 3 is 2.33 bits per heavy atom. The van der Waals surface area contributed by atoms with E-state index < -0.39 is 46.5 Å². The van der Waals surface area contributed by atoms with Crippen LogP contribution >= 0.6 is 0 Å². The van der Waals surface area contributed by atoms with Gasteiger partial charge in [0.1, 0.15) is 5.57 Å². The molecule has 5 amide bonds. The van der Waals surface area contributed by atoms with Crippen molar-refractivity contribution in [2.24, 2.45) is 5.73 Å². The molecule has 1 fully saturated rings. The van der Waals surface area contributed by atoms with Crippen molar-refractivity contribution >= 4 is 41.1 Å². The summed E-state index contributed by atoms with van der Waals surface area (Å²) in [7, 11) is 0. The summed E-state index contributed by atoms with van der Waals surface area (Å²) in [5.41, 5.74) is 4.78. The molecule has 46 heavy (non-hydrogen) atoms. The molecule has 2 aromatic heterocycles. The van der Waals surface area contributed by atoms with Gasteiger partial charge in [0, 0.05) is 23.5 Å². The molecular formula is C32H23KN6O7. The van der Waals surface area contributed by atoms with Crippen LogP contribution in [0, 0.1) is 6.92 Å². The topological polar surface area (TPSA) is 200 Å². The first-order valence-corrected chi connectivity index (χ1v) is 13.3. The molecule has 0 unspecified atom stereocenters. The van der Waals surface area contributed by atoms with Gasteiger partial charge in [-0.3, -0.25) is 29.5 Å². The maximum Gasteiger partial charge on any atom is 1.00 e. The number of urea groups is 1. The number of aryl methyl sites for hydroxylation is 1. The Bertz CT molecular complexity index is 2100. The molecule has 2 aromatic carbocycles. The smallest absolute Gasteiger partial charge is 0.860 e. The molecular weight excluding hydrogens is 619 g/mol. The van der Waals surface area contributed by atoms with Gasteiger partial charge in [0.15, 0.2) is 0 Å². The second kappa shape index (κ2) is 14.4. The van der Waals surface area contributed by atoms with E-state index in [4.69, 9.17) is 5.73 Å². The number of hydrogen-bond donors (Lipinski definition) is 3. The first kappa shape index (κ1) is 33.9. The van der Waals surface area contributed by atoms with Gasteiger partial charge in [-0.15, -0.1) is 0 Å². The predicted molar refractivity (Wildman–Crippen MR) is 162 cm³/mol. The molecule has 0 atom stereocenters. The minimum Gasteiger partial charge on any atom is -0.860 e. The van der Waals surface area contributed by atoms with E-state index in [2.05, 4.69) is 15.3 Å². The van der Waals surface area contributed by atoms with Crippen LogP contribution in [0.25, 0.3) is 17.3 Å². The number of aromatic nitrogens is 3. The van der Waals surface area contributed by atoms with Gasteiger partial charge in [-0.25, -0.2) is 19.1 Å². The number of pyridine rings is 1. The van der Waals surface area contributed by atoms with Crippen LogP contribution in [0.4, 0.5) is 10.5 Å². The summed E-state index contributed by atoms with van der Waals surface area (Å²) < 4.78 is 0.843. The van der Waals surface area contributed by atoms with Crippen LogP contribution in [-0.2, 0) is 9.59 Å². The Hall–Kier alpha value is -4.99. The number of anilines is 1. The number of primary amides is 1. The van der Waals surface area contributed by atoms with E-state index in [-0.39, 0.29) is 73.9 Å². The van der Waals surface area contributed by atoms with Crippen molar-refractivity contribution in [3.8, 4) is 11.6 Å². The zero-order chi connectivity index (χ0) is 32.2. The quantitative estimate of drug-likeness (QED) is 0.0957. The maximum atomic E-state index is 13.4. The number of H-pyrrole nitrogens is 1. The van der Waals surface area contributed by atoms with Crippen LogP contribution in [0.1, 0.15) is 27.0 Å². The molecule has 4 N–H and O–H groups in total. The summed E-state index contributed by atoms with van der Waals surface area (Å²) in [6.07, 6.45) is 8.13. The number of nitrogens with zero attached hydrogens (tertiary/aromatic N) is 3.